The van der Waals surface area contributed by atoms with E-state index in [4.69, 9.17) is 9.47 Å². The molecular formula is C21H32O4. The zero-order chi connectivity index (χ0) is 18.8. The summed E-state index contributed by atoms with van der Waals surface area (Å²) in [6.45, 7) is 6.40. The summed E-state index contributed by atoms with van der Waals surface area (Å²) in [5, 5.41) is 0. The van der Waals surface area contributed by atoms with Crippen LogP contribution in [0.3, 0.4) is 0 Å². The van der Waals surface area contributed by atoms with E-state index in [1.54, 1.807) is 0 Å². The van der Waals surface area contributed by atoms with E-state index in [2.05, 4.69) is 39.0 Å². The van der Waals surface area contributed by atoms with Crippen molar-refractivity contribution >= 4 is 11.9 Å². The zero-order valence-corrected chi connectivity index (χ0v) is 16.3. The molecule has 0 radical (unpaired) electrons. The van der Waals surface area contributed by atoms with Gasteiger partial charge in [-0.25, -0.2) is 0 Å². The zero-order valence-electron chi connectivity index (χ0n) is 16.3. The number of carbonyl (C=O) groups is 2. The van der Waals surface area contributed by atoms with Crippen LogP contribution in [0.5, 0.6) is 0 Å². The highest BCUT2D eigenvalue weighted by Crippen LogP contribution is 2.33. The van der Waals surface area contributed by atoms with Gasteiger partial charge < -0.3 is 9.47 Å². The number of allylic oxidation sites excluding steroid dienone is 6. The molecular weight excluding hydrogens is 316 g/mol. The summed E-state index contributed by atoms with van der Waals surface area (Å²) in [6, 6.07) is 0. The van der Waals surface area contributed by atoms with Gasteiger partial charge in [0.15, 0.2) is 0 Å². The van der Waals surface area contributed by atoms with E-state index >= 15 is 0 Å². The topological polar surface area (TPSA) is 52.6 Å². The molecule has 4 heteroatoms. The molecule has 0 fully saturated rings. The van der Waals surface area contributed by atoms with E-state index in [1.807, 2.05) is 0 Å². The fourth-order valence-electron chi connectivity index (χ4n) is 3.18. The molecule has 0 saturated carbocycles. The van der Waals surface area contributed by atoms with Crippen molar-refractivity contribution in [2.45, 2.75) is 59.3 Å². The van der Waals surface area contributed by atoms with E-state index in [1.165, 1.54) is 30.9 Å². The Bertz CT molecular complexity index is 550. The van der Waals surface area contributed by atoms with Crippen molar-refractivity contribution in [3.8, 4) is 0 Å². The van der Waals surface area contributed by atoms with Crippen LogP contribution in [-0.4, -0.2) is 26.2 Å². The molecule has 4 nitrogen and oxygen atoms in total. The molecule has 1 aliphatic carbocycles. The van der Waals surface area contributed by atoms with Crippen LogP contribution in [0.2, 0.25) is 0 Å². The van der Waals surface area contributed by atoms with Crippen molar-refractivity contribution in [1.82, 2.24) is 0 Å². The summed E-state index contributed by atoms with van der Waals surface area (Å²) >= 11 is 0. The van der Waals surface area contributed by atoms with Gasteiger partial charge in [-0.15, -0.1) is 0 Å². The number of carbonyl (C=O) groups excluding carboxylic acids is 2. The molecule has 0 spiro atoms. The highest BCUT2D eigenvalue weighted by Gasteiger charge is 2.37. The predicted octanol–water partition coefficient (Wildman–Crippen LogP) is 4.76. The highest BCUT2D eigenvalue weighted by atomic mass is 16.5. The van der Waals surface area contributed by atoms with Crippen LogP contribution < -0.4 is 0 Å². The Labute approximate surface area is 152 Å². The van der Waals surface area contributed by atoms with Crippen LogP contribution in [0.15, 0.2) is 34.9 Å². The molecule has 0 amide bonds. The van der Waals surface area contributed by atoms with Gasteiger partial charge >= 0.3 is 11.9 Å². The number of rotatable bonds is 8. The Balaban J connectivity index is 2.59. The monoisotopic (exact) mass is 348 g/mol. The summed E-state index contributed by atoms with van der Waals surface area (Å²) in [4.78, 5) is 23.9. The van der Waals surface area contributed by atoms with Crippen molar-refractivity contribution in [3.63, 3.8) is 0 Å². The first-order chi connectivity index (χ1) is 11.9. The lowest BCUT2D eigenvalue weighted by Crippen LogP contribution is -2.33. The Hall–Kier alpha value is -1.84. The van der Waals surface area contributed by atoms with Crippen LogP contribution >= 0.6 is 0 Å². The van der Waals surface area contributed by atoms with Crippen molar-refractivity contribution < 1.29 is 19.1 Å². The number of esters is 2. The lowest BCUT2D eigenvalue weighted by molar-refractivity contribution is -0.157. The van der Waals surface area contributed by atoms with E-state index in [0.717, 1.165) is 25.7 Å². The average Bonchev–Trinajstić information content (AvgIpc) is 2.59. The van der Waals surface area contributed by atoms with Gasteiger partial charge in [0.1, 0.15) is 0 Å². The fraction of sp³-hybridized carbons (Fsp3) is 0.619. The van der Waals surface area contributed by atoms with Crippen molar-refractivity contribution in [2.24, 2.45) is 11.8 Å². The Kier molecular flexibility index (Phi) is 9.25. The molecule has 0 aromatic rings. The maximum atomic E-state index is 12.0. The minimum absolute atomic E-state index is 0.325. The van der Waals surface area contributed by atoms with E-state index in [9.17, 15) is 9.59 Å². The van der Waals surface area contributed by atoms with Gasteiger partial charge in [0.25, 0.3) is 0 Å². The highest BCUT2D eigenvalue weighted by molar-refractivity contribution is 5.82. The molecule has 1 aliphatic rings. The molecule has 2 atom stereocenters. The third kappa shape index (κ3) is 7.29. The number of methoxy groups -OCH3 is 2. The number of ether oxygens (including phenoxy) is 2. The van der Waals surface area contributed by atoms with E-state index in [-0.39, 0.29) is 11.9 Å². The maximum absolute atomic E-state index is 12.0. The summed E-state index contributed by atoms with van der Waals surface area (Å²) in [6.07, 6.45) is 11.8. The third-order valence-corrected chi connectivity index (χ3v) is 4.69. The quantitative estimate of drug-likeness (QED) is 0.469. The first-order valence-electron chi connectivity index (χ1n) is 9.01. The summed E-state index contributed by atoms with van der Waals surface area (Å²) in [5.74, 6) is -1.52. The molecule has 0 saturated heterocycles. The smallest absolute Gasteiger partial charge is 0.309 e. The van der Waals surface area contributed by atoms with Gasteiger partial charge in [0, 0.05) is 0 Å². The van der Waals surface area contributed by atoms with Crippen LogP contribution in [0, 0.1) is 11.8 Å². The second-order valence-electron chi connectivity index (χ2n) is 6.97. The van der Waals surface area contributed by atoms with E-state index in [0.29, 0.717) is 12.8 Å². The van der Waals surface area contributed by atoms with Crippen LogP contribution in [0.1, 0.15) is 59.3 Å². The molecule has 0 aromatic heterocycles. The van der Waals surface area contributed by atoms with Crippen LogP contribution in [0.25, 0.3) is 0 Å². The first-order valence-corrected chi connectivity index (χ1v) is 9.01. The summed E-state index contributed by atoms with van der Waals surface area (Å²) < 4.78 is 9.70. The minimum Gasteiger partial charge on any atom is -0.469 e. The Morgan fingerprint density at radius 1 is 1.04 bits per heavy atom. The second-order valence-corrected chi connectivity index (χ2v) is 6.97. The number of hydrogen-bond acceptors (Lipinski definition) is 4. The van der Waals surface area contributed by atoms with Gasteiger partial charge in [0.2, 0.25) is 0 Å². The van der Waals surface area contributed by atoms with Gasteiger partial charge in [-0.05, 0) is 59.3 Å². The normalized spacial score (nSPS) is 20.5. The average molecular weight is 348 g/mol. The Morgan fingerprint density at radius 3 is 2.28 bits per heavy atom. The number of hydrogen-bond donors (Lipinski definition) is 0. The lowest BCUT2D eigenvalue weighted by Gasteiger charge is -2.27. The lowest BCUT2D eigenvalue weighted by atomic mass is 9.78. The van der Waals surface area contributed by atoms with Crippen LogP contribution in [-0.2, 0) is 19.1 Å². The molecule has 140 valence electrons. The van der Waals surface area contributed by atoms with Gasteiger partial charge in [-0.3, -0.25) is 9.59 Å². The first kappa shape index (κ1) is 21.2. The van der Waals surface area contributed by atoms with Crippen molar-refractivity contribution in [2.75, 3.05) is 14.2 Å². The standard InChI is InChI=1S/C21H32O4/c1-15(2)8-6-9-16(3)10-7-11-17-12-13-18(20(22)24-4)19(14-17)21(23)25-5/h8,10,12,18-19H,6-7,9,11,13-14H2,1-5H3/t18-,19+/m0/s1. The molecule has 0 aliphatic heterocycles. The fourth-order valence-corrected chi connectivity index (χ4v) is 3.18. The van der Waals surface area contributed by atoms with Crippen molar-refractivity contribution in [3.05, 3.63) is 34.9 Å². The molecule has 0 N–H and O–H groups in total. The second kappa shape index (κ2) is 10.9. The molecule has 0 unspecified atom stereocenters. The SMILES string of the molecule is COC(=O)[C@H]1CC=C(CCC=C(C)CCC=C(C)C)C[C@H]1C(=O)OC. The molecule has 1 rings (SSSR count). The summed E-state index contributed by atoms with van der Waals surface area (Å²) in [5.41, 5.74) is 3.98. The molecule has 0 heterocycles. The largest absolute Gasteiger partial charge is 0.469 e. The third-order valence-electron chi connectivity index (χ3n) is 4.69. The maximum Gasteiger partial charge on any atom is 0.309 e. The van der Waals surface area contributed by atoms with Gasteiger partial charge in [-0.1, -0.05) is 34.9 Å². The summed E-state index contributed by atoms with van der Waals surface area (Å²) in [7, 11) is 2.73. The molecule has 0 aromatic carbocycles. The van der Waals surface area contributed by atoms with Crippen LogP contribution in [0.4, 0.5) is 0 Å². The molecule has 25 heavy (non-hydrogen) atoms. The Morgan fingerprint density at radius 2 is 1.68 bits per heavy atom. The predicted molar refractivity (Wildman–Crippen MR) is 100.0 cm³/mol. The molecule has 0 bridgehead atoms. The van der Waals surface area contributed by atoms with E-state index < -0.39 is 11.8 Å². The van der Waals surface area contributed by atoms with Crippen molar-refractivity contribution in [1.29, 1.82) is 0 Å². The minimum atomic E-state index is -0.430. The van der Waals surface area contributed by atoms with Gasteiger partial charge in [0.05, 0.1) is 26.1 Å². The van der Waals surface area contributed by atoms with Gasteiger partial charge in [-0.2, -0.15) is 0 Å².